The molecular formula is C20H17NO4. The van der Waals surface area contributed by atoms with E-state index >= 15 is 0 Å². The maximum Gasteiger partial charge on any atom is 0.337 e. The average molecular weight is 335 g/mol. The highest BCUT2D eigenvalue weighted by molar-refractivity contribution is 6.09. The van der Waals surface area contributed by atoms with E-state index in [4.69, 9.17) is 9.15 Å². The lowest BCUT2D eigenvalue weighted by Gasteiger charge is -2.16. The van der Waals surface area contributed by atoms with Crippen molar-refractivity contribution in [3.05, 3.63) is 64.9 Å². The third-order valence-corrected chi connectivity index (χ3v) is 4.68. The van der Waals surface area contributed by atoms with Crippen molar-refractivity contribution in [1.82, 2.24) is 0 Å². The maximum absolute atomic E-state index is 13.0. The van der Waals surface area contributed by atoms with Crippen LogP contribution in [0.3, 0.4) is 0 Å². The van der Waals surface area contributed by atoms with Gasteiger partial charge in [-0.15, -0.1) is 0 Å². The van der Waals surface area contributed by atoms with E-state index in [0.717, 1.165) is 22.2 Å². The van der Waals surface area contributed by atoms with Crippen molar-refractivity contribution in [2.75, 3.05) is 18.6 Å². The summed E-state index contributed by atoms with van der Waals surface area (Å²) in [4.78, 5) is 26.4. The van der Waals surface area contributed by atoms with Crippen LogP contribution in [0, 0.1) is 6.92 Å². The molecule has 25 heavy (non-hydrogen) atoms. The van der Waals surface area contributed by atoms with Gasteiger partial charge in [-0.1, -0.05) is 18.2 Å². The van der Waals surface area contributed by atoms with Crippen LogP contribution in [-0.4, -0.2) is 25.5 Å². The zero-order chi connectivity index (χ0) is 17.6. The van der Waals surface area contributed by atoms with Gasteiger partial charge in [-0.3, -0.25) is 4.79 Å². The van der Waals surface area contributed by atoms with Crippen molar-refractivity contribution < 1.29 is 18.7 Å². The second-order valence-corrected chi connectivity index (χ2v) is 6.09. The molecule has 1 aromatic heterocycles. The van der Waals surface area contributed by atoms with Crippen LogP contribution in [-0.2, 0) is 11.2 Å². The van der Waals surface area contributed by atoms with Crippen molar-refractivity contribution in [1.29, 1.82) is 0 Å². The molecule has 5 heteroatoms. The zero-order valence-corrected chi connectivity index (χ0v) is 14.0. The van der Waals surface area contributed by atoms with Crippen LogP contribution >= 0.6 is 0 Å². The Balaban J connectivity index is 1.71. The van der Waals surface area contributed by atoms with E-state index in [1.54, 1.807) is 23.1 Å². The second-order valence-electron chi connectivity index (χ2n) is 6.09. The fraction of sp³-hybridized carbons (Fsp3) is 0.200. The summed E-state index contributed by atoms with van der Waals surface area (Å²) in [6.07, 6.45) is 0.700. The van der Waals surface area contributed by atoms with Crippen LogP contribution in [0.1, 0.15) is 32.0 Å². The Morgan fingerprint density at radius 1 is 1.16 bits per heavy atom. The molecule has 0 aliphatic carbocycles. The molecule has 126 valence electrons. The van der Waals surface area contributed by atoms with Crippen LogP contribution in [0.15, 0.2) is 46.9 Å². The average Bonchev–Trinajstić information content (AvgIpc) is 3.21. The maximum atomic E-state index is 13.0. The number of aryl methyl sites for hydroxylation is 1. The van der Waals surface area contributed by atoms with Crippen LogP contribution in [0.4, 0.5) is 5.69 Å². The fourth-order valence-corrected chi connectivity index (χ4v) is 3.36. The number of anilines is 1. The van der Waals surface area contributed by atoms with E-state index in [9.17, 15) is 9.59 Å². The van der Waals surface area contributed by atoms with Crippen molar-refractivity contribution in [2.45, 2.75) is 13.3 Å². The Morgan fingerprint density at radius 2 is 1.96 bits per heavy atom. The Labute approximate surface area is 144 Å². The number of hydrogen-bond donors (Lipinski definition) is 0. The summed E-state index contributed by atoms with van der Waals surface area (Å²) in [5, 5.41) is 0.950. The number of benzene rings is 2. The van der Waals surface area contributed by atoms with Crippen LogP contribution in [0.5, 0.6) is 0 Å². The summed E-state index contributed by atoms with van der Waals surface area (Å²) in [6.45, 7) is 2.46. The number of rotatable bonds is 2. The van der Waals surface area contributed by atoms with Gasteiger partial charge in [-0.25, -0.2) is 4.79 Å². The smallest absolute Gasteiger partial charge is 0.337 e. The van der Waals surface area contributed by atoms with Crippen LogP contribution in [0.25, 0.3) is 11.0 Å². The number of hydrogen-bond acceptors (Lipinski definition) is 4. The highest BCUT2D eigenvalue weighted by Gasteiger charge is 2.30. The lowest BCUT2D eigenvalue weighted by molar-refractivity contribution is 0.0600. The fourth-order valence-electron chi connectivity index (χ4n) is 3.36. The minimum absolute atomic E-state index is 0.154. The summed E-state index contributed by atoms with van der Waals surface area (Å²) in [7, 11) is 1.36. The molecule has 5 nitrogen and oxygen atoms in total. The van der Waals surface area contributed by atoms with Crippen molar-refractivity contribution in [3.8, 4) is 0 Å². The molecule has 0 unspecified atom stereocenters. The molecule has 0 N–H and O–H groups in total. The first-order chi connectivity index (χ1) is 12.1. The minimum atomic E-state index is -0.374. The largest absolute Gasteiger partial charge is 0.465 e. The van der Waals surface area contributed by atoms with Crippen LogP contribution in [0.2, 0.25) is 0 Å². The molecule has 0 bridgehead atoms. The highest BCUT2D eigenvalue weighted by Crippen LogP contribution is 2.33. The molecule has 0 atom stereocenters. The molecule has 4 rings (SSSR count). The number of fused-ring (bicyclic) bond motifs is 2. The first kappa shape index (κ1) is 15.4. The lowest BCUT2D eigenvalue weighted by Crippen LogP contribution is -2.29. The monoisotopic (exact) mass is 335 g/mol. The number of methoxy groups -OCH3 is 1. The molecule has 2 heterocycles. The van der Waals surface area contributed by atoms with Gasteiger partial charge in [0.05, 0.1) is 12.7 Å². The lowest BCUT2D eigenvalue weighted by atomic mass is 10.1. The minimum Gasteiger partial charge on any atom is -0.465 e. The molecular weight excluding hydrogens is 318 g/mol. The van der Waals surface area contributed by atoms with Crippen LogP contribution < -0.4 is 4.90 Å². The molecule has 1 amide bonds. The first-order valence-electron chi connectivity index (χ1n) is 8.11. The molecule has 0 fully saturated rings. The van der Waals surface area contributed by atoms with Crippen molar-refractivity contribution >= 4 is 28.5 Å². The predicted molar refractivity (Wildman–Crippen MR) is 94.1 cm³/mol. The predicted octanol–water partition coefficient (Wildman–Crippen LogP) is 3.73. The van der Waals surface area contributed by atoms with E-state index in [-0.39, 0.29) is 11.9 Å². The zero-order valence-electron chi connectivity index (χ0n) is 14.0. The molecule has 1 aliphatic rings. The first-order valence-corrected chi connectivity index (χ1v) is 8.11. The SMILES string of the molecule is COC(=O)c1ccc2c(c1)CCN2C(=O)c1oc2ccccc2c1C. The number of nitrogens with zero attached hydrogens (tertiary/aromatic N) is 1. The third-order valence-electron chi connectivity index (χ3n) is 4.68. The van der Waals surface area contributed by atoms with E-state index in [2.05, 4.69) is 0 Å². The number of ether oxygens (including phenoxy) is 1. The molecule has 0 spiro atoms. The molecule has 3 aromatic rings. The van der Waals surface area contributed by atoms with Gasteiger partial charge in [0.1, 0.15) is 5.58 Å². The van der Waals surface area contributed by atoms with Gasteiger partial charge in [-0.2, -0.15) is 0 Å². The summed E-state index contributed by atoms with van der Waals surface area (Å²) >= 11 is 0. The van der Waals surface area contributed by atoms with Crippen molar-refractivity contribution in [3.63, 3.8) is 0 Å². The van der Waals surface area contributed by atoms with Gasteiger partial charge >= 0.3 is 5.97 Å². The highest BCUT2D eigenvalue weighted by atomic mass is 16.5. The van der Waals surface area contributed by atoms with E-state index in [1.165, 1.54) is 7.11 Å². The Morgan fingerprint density at radius 3 is 2.72 bits per heavy atom. The molecule has 2 aromatic carbocycles. The summed E-state index contributed by atoms with van der Waals surface area (Å²) < 4.78 is 10.6. The van der Waals surface area contributed by atoms with Gasteiger partial charge in [0.25, 0.3) is 5.91 Å². The normalized spacial score (nSPS) is 13.1. The third kappa shape index (κ3) is 2.39. The number of para-hydroxylation sites is 1. The van der Waals surface area contributed by atoms with E-state index in [0.29, 0.717) is 29.9 Å². The molecule has 0 saturated heterocycles. The second kappa shape index (κ2) is 5.77. The van der Waals surface area contributed by atoms with Gasteiger partial charge in [0.15, 0.2) is 5.76 Å². The molecule has 0 saturated carbocycles. The number of furan rings is 1. The standard InChI is InChI=1S/C20H17NO4/c1-12-15-5-3-4-6-17(15)25-18(12)19(22)21-10-9-13-11-14(20(23)24-2)7-8-16(13)21/h3-8,11H,9-10H2,1-2H3. The summed E-state index contributed by atoms with van der Waals surface area (Å²) in [5.41, 5.74) is 3.84. The van der Waals surface area contributed by atoms with Gasteiger partial charge in [-0.05, 0) is 43.2 Å². The number of esters is 1. The number of carbonyl (C=O) groups is 2. The van der Waals surface area contributed by atoms with E-state index < -0.39 is 0 Å². The number of carbonyl (C=O) groups excluding carboxylic acids is 2. The summed E-state index contributed by atoms with van der Waals surface area (Å²) in [5.74, 6) is -0.162. The Kier molecular flexibility index (Phi) is 3.57. The van der Waals surface area contributed by atoms with Gasteiger partial charge in [0, 0.05) is 23.2 Å². The Hall–Kier alpha value is -3.08. The quantitative estimate of drug-likeness (QED) is 0.670. The Bertz CT molecular complexity index is 1000. The molecule has 1 aliphatic heterocycles. The van der Waals surface area contributed by atoms with E-state index in [1.807, 2.05) is 31.2 Å². The number of amides is 1. The summed E-state index contributed by atoms with van der Waals surface area (Å²) in [6, 6.07) is 12.9. The molecule has 0 radical (unpaired) electrons. The van der Waals surface area contributed by atoms with Gasteiger partial charge < -0.3 is 14.1 Å². The van der Waals surface area contributed by atoms with Crippen molar-refractivity contribution in [2.24, 2.45) is 0 Å². The van der Waals surface area contributed by atoms with Gasteiger partial charge in [0.2, 0.25) is 0 Å². The topological polar surface area (TPSA) is 59.8 Å².